The summed E-state index contributed by atoms with van der Waals surface area (Å²) in [6.07, 6.45) is 4.85. The first-order valence-electron chi connectivity index (χ1n) is 23.6. The number of aryl methyl sites for hydroxylation is 1. The molecule has 4 aromatic rings. The number of aromatic hydroxyl groups is 1. The van der Waals surface area contributed by atoms with Crippen LogP contribution in [0.2, 0.25) is 0 Å². The molecular weight excluding hydrogens is 929 g/mol. The minimum atomic E-state index is -1.50. The lowest BCUT2D eigenvalue weighted by Gasteiger charge is -2.62. The second-order valence-corrected chi connectivity index (χ2v) is 20.7. The molecule has 16 nitrogen and oxygen atoms in total. The highest BCUT2D eigenvalue weighted by atomic mass is 32.2. The SMILES string of the molecule is C=CCN1[C@@H]2c3c(cc(C)c(OC)c3O)C[C@@H]1[C@H](C#N)N1C2[C@@H]2SC[C@]3(NCCc4cc(OC(=O)OC(C)(C)C)c(OC)cc43)C(=O)OC[C@H]1c1c3c(c(C)c(OC(=O)/C=C/c4ccccc4)c12)OCO3. The zero-order chi connectivity index (χ0) is 50.1. The number of nitrogens with zero attached hydrogens (tertiary/aromatic N) is 3. The fourth-order valence-electron chi connectivity index (χ4n) is 11.6. The van der Waals surface area contributed by atoms with Crippen LogP contribution in [0.25, 0.3) is 6.08 Å². The molecule has 7 aliphatic heterocycles. The summed E-state index contributed by atoms with van der Waals surface area (Å²) in [6, 6.07) is 14.2. The van der Waals surface area contributed by atoms with Gasteiger partial charge in [-0.3, -0.25) is 15.1 Å². The maximum atomic E-state index is 15.3. The number of piperazine rings is 1. The standard InChI is InChI=1S/C54H56N4O12S/c1-9-19-57-34-21-32-20-28(2)46(64-8)45(60)40(32)43(57)44-50-42-41(49-48(66-27-67-49)29(3)47(42)69-39(59)16-15-30-13-11-10-12-14-30)36(58(44)35(34)24-55)25-65-51(61)54(26-71-50)33-23-37(63-7)38(22-31(33)17-18-56-54)68-52(62)70-53(4,5)6/h9-16,20,22-23,34-36,43-44,50,56,60H,1,17-19,21,25-27H2,2-8H3/b16-15+/t34-,35+,36+,43-,44?,50-,54-/m1/s1. The van der Waals surface area contributed by atoms with Gasteiger partial charge in [0.25, 0.3) is 0 Å². The van der Waals surface area contributed by atoms with E-state index in [1.807, 2.05) is 50.2 Å². The van der Waals surface area contributed by atoms with Crippen molar-refractivity contribution >= 4 is 35.9 Å². The highest BCUT2D eigenvalue weighted by Gasteiger charge is 2.62. The van der Waals surface area contributed by atoms with Crippen LogP contribution in [0.15, 0.2) is 67.3 Å². The van der Waals surface area contributed by atoms with Gasteiger partial charge in [-0.15, -0.1) is 18.3 Å². The number of hydrogen-bond donors (Lipinski definition) is 2. The maximum absolute atomic E-state index is 15.3. The van der Waals surface area contributed by atoms with Crippen LogP contribution < -0.4 is 33.7 Å². The number of fused-ring (bicyclic) bond motifs is 9. The molecule has 2 N–H and O–H groups in total. The molecule has 370 valence electrons. The lowest BCUT2D eigenvalue weighted by Crippen LogP contribution is -2.70. The van der Waals surface area contributed by atoms with Crippen LogP contribution in [0, 0.1) is 25.2 Å². The average Bonchev–Trinajstić information content (AvgIpc) is 3.83. The normalized spacial score (nSPS) is 25.2. The topological polar surface area (TPSA) is 188 Å². The van der Waals surface area contributed by atoms with E-state index in [0.29, 0.717) is 71.0 Å². The van der Waals surface area contributed by atoms with E-state index in [1.54, 1.807) is 45.1 Å². The third-order valence-corrected chi connectivity index (χ3v) is 15.8. The number of nitrogens with one attached hydrogen (secondary N) is 1. The van der Waals surface area contributed by atoms with Crippen LogP contribution in [0.1, 0.15) is 88.2 Å². The molecule has 7 atom stereocenters. The Morgan fingerprint density at radius 3 is 2.49 bits per heavy atom. The summed E-state index contributed by atoms with van der Waals surface area (Å²) in [6.45, 7) is 13.4. The van der Waals surface area contributed by atoms with Crippen molar-refractivity contribution < 1.29 is 57.4 Å². The molecule has 0 amide bonds. The molecule has 7 heterocycles. The molecule has 1 spiro atoms. The highest BCUT2D eigenvalue weighted by Crippen LogP contribution is 2.65. The number of thioether (sulfide) groups is 1. The molecule has 0 aromatic heterocycles. The van der Waals surface area contributed by atoms with Crippen molar-refractivity contribution in [3.63, 3.8) is 0 Å². The van der Waals surface area contributed by atoms with Crippen molar-refractivity contribution in [2.24, 2.45) is 0 Å². The Balaban J connectivity index is 1.20. The summed E-state index contributed by atoms with van der Waals surface area (Å²) in [5, 5.41) is 26.8. The van der Waals surface area contributed by atoms with Gasteiger partial charge in [-0.2, -0.15) is 5.26 Å². The number of hydrogen-bond acceptors (Lipinski definition) is 17. The number of ether oxygens (including phenoxy) is 8. The fourth-order valence-corrected chi connectivity index (χ4v) is 13.3. The van der Waals surface area contributed by atoms with Crippen molar-refractivity contribution in [1.82, 2.24) is 15.1 Å². The van der Waals surface area contributed by atoms with Crippen LogP contribution in [0.5, 0.6) is 40.2 Å². The van der Waals surface area contributed by atoms with Crippen molar-refractivity contribution in [2.75, 3.05) is 46.5 Å². The monoisotopic (exact) mass is 984 g/mol. The van der Waals surface area contributed by atoms with E-state index in [9.17, 15) is 20.0 Å². The van der Waals surface area contributed by atoms with E-state index < -0.39 is 64.7 Å². The van der Waals surface area contributed by atoms with Gasteiger partial charge in [-0.25, -0.2) is 14.4 Å². The molecule has 7 aliphatic rings. The number of phenols is 1. The number of methoxy groups -OCH3 is 2. The van der Waals surface area contributed by atoms with Gasteiger partial charge in [0, 0.05) is 59.3 Å². The van der Waals surface area contributed by atoms with Gasteiger partial charge >= 0.3 is 18.1 Å². The van der Waals surface area contributed by atoms with Crippen LogP contribution >= 0.6 is 11.8 Å². The Bertz CT molecular complexity index is 2930. The van der Waals surface area contributed by atoms with E-state index in [4.69, 9.17) is 37.9 Å². The molecule has 4 aromatic carbocycles. The smallest absolute Gasteiger partial charge is 0.504 e. The third kappa shape index (κ3) is 8.01. The minimum absolute atomic E-state index is 0.00426. The first-order chi connectivity index (χ1) is 34.1. The van der Waals surface area contributed by atoms with Crippen molar-refractivity contribution in [3.05, 3.63) is 117 Å². The summed E-state index contributed by atoms with van der Waals surface area (Å²) >= 11 is 1.44. The molecule has 17 heteroatoms. The largest absolute Gasteiger partial charge is 0.514 e. The molecule has 0 aliphatic carbocycles. The van der Waals surface area contributed by atoms with Crippen molar-refractivity contribution in [3.8, 4) is 46.3 Å². The van der Waals surface area contributed by atoms with E-state index in [-0.39, 0.29) is 42.2 Å². The van der Waals surface area contributed by atoms with Gasteiger partial charge in [0.2, 0.25) is 6.79 Å². The molecule has 2 fully saturated rings. The van der Waals surface area contributed by atoms with Gasteiger partial charge in [0.15, 0.2) is 40.0 Å². The summed E-state index contributed by atoms with van der Waals surface area (Å²) in [5.41, 5.74) is 3.79. The Hall–Kier alpha value is -6.71. The van der Waals surface area contributed by atoms with Gasteiger partial charge in [-0.05, 0) is 93.5 Å². The Labute approximate surface area is 416 Å². The number of benzene rings is 4. The van der Waals surface area contributed by atoms with Gasteiger partial charge in [0.1, 0.15) is 24.0 Å². The van der Waals surface area contributed by atoms with Crippen LogP contribution in [-0.4, -0.2) is 103 Å². The number of esters is 2. The van der Waals surface area contributed by atoms with Crippen LogP contribution in [0.3, 0.4) is 0 Å². The second-order valence-electron chi connectivity index (χ2n) is 19.5. The lowest BCUT2D eigenvalue weighted by atomic mass is 9.71. The molecule has 0 radical (unpaired) electrons. The average molecular weight is 985 g/mol. The molecule has 2 saturated heterocycles. The maximum Gasteiger partial charge on any atom is 0.514 e. The molecule has 4 bridgehead atoms. The number of carbonyl (C=O) groups is 3. The van der Waals surface area contributed by atoms with Crippen molar-refractivity contribution in [1.29, 1.82) is 5.26 Å². The molecule has 1 unspecified atom stereocenters. The molecule has 0 saturated carbocycles. The number of phenolic OH excluding ortho intramolecular Hbond substituents is 1. The Kier molecular flexibility index (Phi) is 12.5. The van der Waals surface area contributed by atoms with E-state index in [1.165, 1.54) is 32.1 Å². The molecular formula is C54H56N4O12S. The number of nitriles is 1. The highest BCUT2D eigenvalue weighted by molar-refractivity contribution is 7.99. The minimum Gasteiger partial charge on any atom is -0.504 e. The molecule has 71 heavy (non-hydrogen) atoms. The van der Waals surface area contributed by atoms with Gasteiger partial charge < -0.3 is 43.0 Å². The van der Waals surface area contributed by atoms with E-state index in [0.717, 1.165) is 22.3 Å². The summed E-state index contributed by atoms with van der Waals surface area (Å²) < 4.78 is 48.6. The molecule has 11 rings (SSSR count). The van der Waals surface area contributed by atoms with Crippen LogP contribution in [0.4, 0.5) is 4.79 Å². The summed E-state index contributed by atoms with van der Waals surface area (Å²) in [7, 11) is 2.98. The number of rotatable bonds is 8. The van der Waals surface area contributed by atoms with E-state index in [2.05, 4.69) is 27.8 Å². The number of carbonyl (C=O) groups excluding carboxylic acids is 3. The summed E-state index contributed by atoms with van der Waals surface area (Å²) in [5.74, 6) is 0.553. The lowest BCUT2D eigenvalue weighted by molar-refractivity contribution is -0.157. The fraction of sp³-hybridized carbons (Fsp3) is 0.407. The predicted octanol–water partition coefficient (Wildman–Crippen LogP) is 7.85. The second kappa shape index (κ2) is 18.5. The third-order valence-electron chi connectivity index (χ3n) is 14.3. The van der Waals surface area contributed by atoms with Gasteiger partial charge in [-0.1, -0.05) is 42.5 Å². The quantitative estimate of drug-likeness (QED) is 0.0571. The summed E-state index contributed by atoms with van der Waals surface area (Å²) in [4.78, 5) is 46.9. The Morgan fingerprint density at radius 2 is 1.77 bits per heavy atom. The first kappa shape index (κ1) is 47.9. The van der Waals surface area contributed by atoms with Gasteiger partial charge in [0.05, 0.1) is 37.6 Å². The first-order valence-corrected chi connectivity index (χ1v) is 24.7. The Morgan fingerprint density at radius 1 is 1.00 bits per heavy atom. The zero-order valence-electron chi connectivity index (χ0n) is 40.7. The van der Waals surface area contributed by atoms with Crippen molar-refractivity contribution in [2.45, 2.75) is 94.1 Å². The van der Waals surface area contributed by atoms with E-state index >= 15 is 4.79 Å². The predicted molar refractivity (Wildman–Crippen MR) is 262 cm³/mol. The zero-order valence-corrected chi connectivity index (χ0v) is 41.5. The van der Waals surface area contributed by atoms with Crippen LogP contribution in [-0.2, 0) is 37.4 Å².